The first-order valence-corrected chi connectivity index (χ1v) is 9.97. The minimum Gasteiger partial charge on any atom is -0.393 e. The molecular formula is C20H34O3. The van der Waals surface area contributed by atoms with Gasteiger partial charge in [-0.25, -0.2) is 0 Å². The number of rotatable bonds is 8. The first kappa shape index (κ1) is 18.5. The molecule has 0 atom stereocenters. The van der Waals surface area contributed by atoms with Crippen LogP contribution in [0.5, 0.6) is 0 Å². The first-order valence-electron chi connectivity index (χ1n) is 9.97. The van der Waals surface area contributed by atoms with Crippen molar-refractivity contribution in [2.75, 3.05) is 0 Å². The molecule has 132 valence electrons. The summed E-state index contributed by atoms with van der Waals surface area (Å²) in [6.45, 7) is 0. The van der Waals surface area contributed by atoms with Gasteiger partial charge in [-0.2, -0.15) is 0 Å². The number of hydrogen-bond acceptors (Lipinski definition) is 3. The summed E-state index contributed by atoms with van der Waals surface area (Å²) < 4.78 is 4.95. The number of carbonyl (C=O) groups is 2. The SMILES string of the molecule is O=C(CCCC1CCCCC1)OC(=O)CCCC1CCCCC1. The molecule has 2 saturated carbocycles. The standard InChI is InChI=1S/C20H34O3/c21-19(15-7-13-17-9-3-1-4-10-17)23-20(22)16-8-14-18-11-5-2-6-12-18/h17-18H,1-16H2. The normalized spacial score (nSPS) is 20.3. The monoisotopic (exact) mass is 322 g/mol. The van der Waals surface area contributed by atoms with Crippen LogP contribution >= 0.6 is 0 Å². The molecule has 23 heavy (non-hydrogen) atoms. The fourth-order valence-corrected chi connectivity index (χ4v) is 4.25. The summed E-state index contributed by atoms with van der Waals surface area (Å²) in [6, 6.07) is 0. The second-order valence-corrected chi connectivity index (χ2v) is 7.64. The van der Waals surface area contributed by atoms with Crippen molar-refractivity contribution in [2.24, 2.45) is 11.8 Å². The van der Waals surface area contributed by atoms with E-state index < -0.39 is 0 Å². The van der Waals surface area contributed by atoms with Crippen LogP contribution in [0.2, 0.25) is 0 Å². The lowest BCUT2D eigenvalue weighted by Gasteiger charge is -2.21. The van der Waals surface area contributed by atoms with Gasteiger partial charge in [0, 0.05) is 12.8 Å². The number of hydrogen-bond donors (Lipinski definition) is 0. The van der Waals surface area contributed by atoms with Gasteiger partial charge in [-0.15, -0.1) is 0 Å². The maximum absolute atomic E-state index is 11.7. The Morgan fingerprint density at radius 2 is 1.04 bits per heavy atom. The van der Waals surface area contributed by atoms with E-state index in [2.05, 4.69) is 0 Å². The molecule has 0 heterocycles. The van der Waals surface area contributed by atoms with Crippen molar-refractivity contribution >= 4 is 11.9 Å². The highest BCUT2D eigenvalue weighted by atomic mass is 16.6. The van der Waals surface area contributed by atoms with Crippen LogP contribution in [0, 0.1) is 11.8 Å². The predicted molar refractivity (Wildman–Crippen MR) is 92.0 cm³/mol. The Morgan fingerprint density at radius 3 is 1.43 bits per heavy atom. The number of carbonyl (C=O) groups excluding carboxylic acids is 2. The van der Waals surface area contributed by atoms with Crippen molar-refractivity contribution in [3.8, 4) is 0 Å². The molecule has 3 nitrogen and oxygen atoms in total. The molecule has 0 saturated heterocycles. The van der Waals surface area contributed by atoms with E-state index in [0.717, 1.165) is 37.5 Å². The maximum atomic E-state index is 11.7. The van der Waals surface area contributed by atoms with Gasteiger partial charge in [-0.1, -0.05) is 64.2 Å². The molecule has 0 aromatic carbocycles. The molecule has 0 amide bonds. The van der Waals surface area contributed by atoms with E-state index >= 15 is 0 Å². The van der Waals surface area contributed by atoms with Crippen LogP contribution in [0.1, 0.15) is 103 Å². The molecule has 2 rings (SSSR count). The zero-order valence-corrected chi connectivity index (χ0v) is 14.7. The average molecular weight is 322 g/mol. The lowest BCUT2D eigenvalue weighted by Crippen LogP contribution is -2.14. The van der Waals surface area contributed by atoms with Gasteiger partial charge in [0.1, 0.15) is 0 Å². The Hall–Kier alpha value is -0.860. The zero-order valence-electron chi connectivity index (χ0n) is 14.7. The van der Waals surface area contributed by atoms with Crippen LogP contribution in [-0.4, -0.2) is 11.9 Å². The Morgan fingerprint density at radius 1 is 0.652 bits per heavy atom. The summed E-state index contributed by atoms with van der Waals surface area (Å²) >= 11 is 0. The second-order valence-electron chi connectivity index (χ2n) is 7.64. The highest BCUT2D eigenvalue weighted by molar-refractivity contribution is 5.85. The third-order valence-corrected chi connectivity index (χ3v) is 5.66. The molecule has 0 aromatic rings. The second kappa shape index (κ2) is 10.8. The molecule has 2 fully saturated rings. The van der Waals surface area contributed by atoms with E-state index in [9.17, 15) is 9.59 Å². The minimum absolute atomic E-state index is 0.316. The molecule has 0 bridgehead atoms. The predicted octanol–water partition coefficient (Wildman–Crippen LogP) is 5.56. The van der Waals surface area contributed by atoms with E-state index in [4.69, 9.17) is 4.74 Å². The molecule has 0 N–H and O–H groups in total. The Kier molecular flexibility index (Phi) is 8.70. The first-order chi connectivity index (χ1) is 11.2. The number of esters is 2. The van der Waals surface area contributed by atoms with E-state index in [-0.39, 0.29) is 11.9 Å². The van der Waals surface area contributed by atoms with Crippen LogP contribution < -0.4 is 0 Å². The lowest BCUT2D eigenvalue weighted by molar-refractivity contribution is -0.159. The quantitative estimate of drug-likeness (QED) is 0.434. The highest BCUT2D eigenvalue weighted by Gasteiger charge is 2.17. The van der Waals surface area contributed by atoms with Gasteiger partial charge < -0.3 is 4.74 Å². The molecular weight excluding hydrogens is 288 g/mol. The molecule has 0 unspecified atom stereocenters. The van der Waals surface area contributed by atoms with Gasteiger partial charge in [-0.3, -0.25) is 9.59 Å². The molecule has 2 aliphatic rings. The third kappa shape index (κ3) is 7.99. The van der Waals surface area contributed by atoms with Crippen LogP contribution in [-0.2, 0) is 14.3 Å². The van der Waals surface area contributed by atoms with Crippen molar-refractivity contribution in [3.05, 3.63) is 0 Å². The molecule has 3 heteroatoms. The molecule has 0 spiro atoms. The average Bonchev–Trinajstić information content (AvgIpc) is 2.57. The van der Waals surface area contributed by atoms with Gasteiger partial charge in [0.15, 0.2) is 0 Å². The minimum atomic E-state index is -0.316. The van der Waals surface area contributed by atoms with Gasteiger partial charge in [0.25, 0.3) is 0 Å². The lowest BCUT2D eigenvalue weighted by atomic mass is 9.86. The highest BCUT2D eigenvalue weighted by Crippen LogP contribution is 2.28. The van der Waals surface area contributed by atoms with E-state index in [1.54, 1.807) is 0 Å². The van der Waals surface area contributed by atoms with Gasteiger partial charge in [0.05, 0.1) is 0 Å². The summed E-state index contributed by atoms with van der Waals surface area (Å²) in [5.41, 5.74) is 0. The van der Waals surface area contributed by atoms with Crippen molar-refractivity contribution in [1.82, 2.24) is 0 Å². The summed E-state index contributed by atoms with van der Waals surface area (Å²) in [5.74, 6) is 0.956. The smallest absolute Gasteiger partial charge is 0.313 e. The topological polar surface area (TPSA) is 43.4 Å². The fourth-order valence-electron chi connectivity index (χ4n) is 4.25. The van der Waals surface area contributed by atoms with Crippen LogP contribution in [0.25, 0.3) is 0 Å². The summed E-state index contributed by atoms with van der Waals surface area (Å²) in [7, 11) is 0. The summed E-state index contributed by atoms with van der Waals surface area (Å²) in [6.07, 6.45) is 18.2. The summed E-state index contributed by atoms with van der Waals surface area (Å²) in [5, 5.41) is 0. The van der Waals surface area contributed by atoms with Crippen molar-refractivity contribution in [1.29, 1.82) is 0 Å². The van der Waals surface area contributed by atoms with Crippen molar-refractivity contribution < 1.29 is 14.3 Å². The van der Waals surface area contributed by atoms with Gasteiger partial charge in [-0.05, 0) is 37.5 Å². The maximum Gasteiger partial charge on any atom is 0.313 e. The van der Waals surface area contributed by atoms with Crippen molar-refractivity contribution in [2.45, 2.75) is 103 Å². The van der Waals surface area contributed by atoms with Crippen LogP contribution in [0.4, 0.5) is 0 Å². The van der Waals surface area contributed by atoms with E-state index in [0.29, 0.717) is 12.8 Å². The Labute approximate surface area is 141 Å². The van der Waals surface area contributed by atoms with Gasteiger partial charge in [0.2, 0.25) is 0 Å². The van der Waals surface area contributed by atoms with Crippen LogP contribution in [0.15, 0.2) is 0 Å². The van der Waals surface area contributed by atoms with E-state index in [1.165, 1.54) is 64.2 Å². The van der Waals surface area contributed by atoms with Crippen molar-refractivity contribution in [3.63, 3.8) is 0 Å². The zero-order chi connectivity index (χ0) is 16.3. The Bertz CT molecular complexity index is 318. The van der Waals surface area contributed by atoms with E-state index in [1.807, 2.05) is 0 Å². The molecule has 0 radical (unpaired) electrons. The Balaban J connectivity index is 1.47. The molecule has 0 aliphatic heterocycles. The largest absolute Gasteiger partial charge is 0.393 e. The summed E-state index contributed by atoms with van der Waals surface area (Å²) in [4.78, 5) is 23.4. The third-order valence-electron chi connectivity index (χ3n) is 5.66. The molecule has 0 aromatic heterocycles. The van der Waals surface area contributed by atoms with Gasteiger partial charge >= 0.3 is 11.9 Å². The van der Waals surface area contributed by atoms with Crippen LogP contribution in [0.3, 0.4) is 0 Å². The number of ether oxygens (including phenoxy) is 1. The fraction of sp³-hybridized carbons (Fsp3) is 0.900. The molecule has 2 aliphatic carbocycles.